The van der Waals surface area contributed by atoms with Crippen molar-refractivity contribution in [2.75, 3.05) is 6.61 Å². The minimum atomic E-state index is -1.16. The van der Waals surface area contributed by atoms with E-state index in [1.165, 1.54) is 0 Å². The SMILES string of the molecule is O=C1N[C@@H](Cc2c[nH]c3ccccc23)C(=O)N[C@@H](Cc2c[nH]c3ccccc23)C(=O)N[C@H]1CO. The number of rotatable bonds is 5. The molecular formula is C25H25N5O4. The van der Waals surface area contributed by atoms with E-state index in [9.17, 15) is 19.5 Å². The number of carbonyl (C=O) groups is 3. The molecule has 2 aromatic heterocycles. The Balaban J connectivity index is 1.44. The molecule has 3 amide bonds. The van der Waals surface area contributed by atoms with Gasteiger partial charge in [-0.25, -0.2) is 0 Å². The third-order valence-electron chi connectivity index (χ3n) is 6.28. The van der Waals surface area contributed by atoms with Crippen molar-refractivity contribution in [1.29, 1.82) is 0 Å². The average Bonchev–Trinajstić information content (AvgIpc) is 3.45. The molecule has 9 heteroatoms. The second-order valence-electron chi connectivity index (χ2n) is 8.49. The molecule has 0 spiro atoms. The number of fused-ring (bicyclic) bond motifs is 2. The lowest BCUT2D eigenvalue weighted by atomic mass is 10.0. The first kappa shape index (κ1) is 21.7. The highest BCUT2D eigenvalue weighted by Crippen LogP contribution is 2.21. The van der Waals surface area contributed by atoms with Gasteiger partial charge in [-0.15, -0.1) is 0 Å². The second kappa shape index (κ2) is 9.03. The summed E-state index contributed by atoms with van der Waals surface area (Å²) in [6.45, 7) is -0.578. The molecule has 2 aromatic carbocycles. The lowest BCUT2D eigenvalue weighted by Crippen LogP contribution is -2.52. The number of nitrogens with one attached hydrogen (secondary N) is 5. The number of benzene rings is 2. The van der Waals surface area contributed by atoms with Gasteiger partial charge in [0.25, 0.3) is 0 Å². The number of aromatic nitrogens is 2. The number of carbonyl (C=O) groups excluding carboxylic acids is 3. The maximum absolute atomic E-state index is 13.3. The fourth-order valence-corrected chi connectivity index (χ4v) is 4.47. The Morgan fingerprint density at radius 2 is 1.03 bits per heavy atom. The number of hydrogen-bond donors (Lipinski definition) is 6. The van der Waals surface area contributed by atoms with Gasteiger partial charge in [0.15, 0.2) is 0 Å². The highest BCUT2D eigenvalue weighted by molar-refractivity contribution is 5.98. The minimum Gasteiger partial charge on any atom is -0.394 e. The number of H-pyrrole nitrogens is 2. The summed E-state index contributed by atoms with van der Waals surface area (Å²) in [5, 5.41) is 19.7. The van der Waals surface area contributed by atoms with Crippen LogP contribution in [0.3, 0.4) is 0 Å². The van der Waals surface area contributed by atoms with Crippen molar-refractivity contribution in [1.82, 2.24) is 25.9 Å². The first-order chi connectivity index (χ1) is 16.5. The zero-order chi connectivity index (χ0) is 23.7. The van der Waals surface area contributed by atoms with E-state index in [4.69, 9.17) is 0 Å². The number of aliphatic hydroxyl groups is 1. The Bertz CT molecular complexity index is 1300. The monoisotopic (exact) mass is 459 g/mol. The molecule has 174 valence electrons. The first-order valence-electron chi connectivity index (χ1n) is 11.2. The molecule has 0 bridgehead atoms. The Hall–Kier alpha value is -4.11. The molecule has 1 fully saturated rings. The zero-order valence-corrected chi connectivity index (χ0v) is 18.3. The molecule has 3 atom stereocenters. The van der Waals surface area contributed by atoms with Gasteiger partial charge in [0.1, 0.15) is 18.1 Å². The molecule has 5 rings (SSSR count). The van der Waals surface area contributed by atoms with Crippen molar-refractivity contribution >= 4 is 39.5 Å². The number of aromatic amines is 2. The molecule has 1 aliphatic rings. The molecule has 6 N–H and O–H groups in total. The summed E-state index contributed by atoms with van der Waals surface area (Å²) in [5.41, 5.74) is 3.58. The predicted molar refractivity (Wildman–Crippen MR) is 127 cm³/mol. The van der Waals surface area contributed by atoms with Gasteiger partial charge in [-0.05, 0) is 23.3 Å². The van der Waals surface area contributed by atoms with Crippen molar-refractivity contribution in [2.45, 2.75) is 31.0 Å². The Labute approximate surface area is 194 Å². The number of para-hydroxylation sites is 2. The van der Waals surface area contributed by atoms with Gasteiger partial charge in [-0.1, -0.05) is 36.4 Å². The van der Waals surface area contributed by atoms with Crippen LogP contribution < -0.4 is 16.0 Å². The van der Waals surface area contributed by atoms with Crippen LogP contribution in [-0.2, 0) is 27.2 Å². The van der Waals surface area contributed by atoms with Crippen molar-refractivity contribution in [3.05, 3.63) is 72.1 Å². The van der Waals surface area contributed by atoms with Crippen molar-refractivity contribution in [3.8, 4) is 0 Å². The molecule has 3 heterocycles. The van der Waals surface area contributed by atoms with E-state index >= 15 is 0 Å². The molecule has 0 aliphatic carbocycles. The molecule has 0 saturated carbocycles. The van der Waals surface area contributed by atoms with Crippen LogP contribution >= 0.6 is 0 Å². The maximum Gasteiger partial charge on any atom is 0.245 e. The van der Waals surface area contributed by atoms with Crippen molar-refractivity contribution in [3.63, 3.8) is 0 Å². The van der Waals surface area contributed by atoms with E-state index < -0.39 is 42.5 Å². The standard InChI is InChI=1S/C25H25N5O4/c31-13-22-25(34)29-20(9-14-11-26-18-7-3-1-5-16(14)18)23(32)28-21(24(33)30-22)10-15-12-27-19-8-4-2-6-17(15)19/h1-8,11-12,20-22,26-27,31H,9-10,13H2,(H,28,32)(H,29,34)(H,30,33)/t20-,21-,22-/m0/s1. The van der Waals surface area contributed by atoms with E-state index in [1.807, 2.05) is 60.9 Å². The van der Waals surface area contributed by atoms with E-state index in [2.05, 4.69) is 25.9 Å². The molecular weight excluding hydrogens is 434 g/mol. The summed E-state index contributed by atoms with van der Waals surface area (Å²) in [4.78, 5) is 45.4. The topological polar surface area (TPSA) is 139 Å². The van der Waals surface area contributed by atoms with Gasteiger partial charge in [0.2, 0.25) is 17.7 Å². The van der Waals surface area contributed by atoms with Gasteiger partial charge in [-0.3, -0.25) is 14.4 Å². The van der Waals surface area contributed by atoms with Gasteiger partial charge < -0.3 is 31.0 Å². The van der Waals surface area contributed by atoms with E-state index in [-0.39, 0.29) is 12.8 Å². The van der Waals surface area contributed by atoms with Crippen LogP contribution in [0.1, 0.15) is 11.1 Å². The van der Waals surface area contributed by atoms with Crippen LogP contribution in [0.15, 0.2) is 60.9 Å². The summed E-state index contributed by atoms with van der Waals surface area (Å²) < 4.78 is 0. The van der Waals surface area contributed by atoms with E-state index in [0.29, 0.717) is 0 Å². The lowest BCUT2D eigenvalue weighted by molar-refractivity contribution is -0.130. The van der Waals surface area contributed by atoms with Crippen molar-refractivity contribution in [2.24, 2.45) is 0 Å². The van der Waals surface area contributed by atoms with Gasteiger partial charge >= 0.3 is 0 Å². The fourth-order valence-electron chi connectivity index (χ4n) is 4.47. The fraction of sp³-hybridized carbons (Fsp3) is 0.240. The summed E-state index contributed by atoms with van der Waals surface area (Å²) in [5.74, 6) is -1.60. The Kier molecular flexibility index (Phi) is 5.77. The number of hydrogen-bond acceptors (Lipinski definition) is 4. The average molecular weight is 460 g/mol. The molecule has 34 heavy (non-hydrogen) atoms. The molecule has 4 aromatic rings. The molecule has 0 radical (unpaired) electrons. The third-order valence-corrected chi connectivity index (χ3v) is 6.28. The van der Waals surface area contributed by atoms with Gasteiger partial charge in [-0.2, -0.15) is 0 Å². The quantitative estimate of drug-likeness (QED) is 0.264. The summed E-state index contributed by atoms with van der Waals surface area (Å²) in [7, 11) is 0. The maximum atomic E-state index is 13.3. The number of amides is 3. The summed E-state index contributed by atoms with van der Waals surface area (Å²) >= 11 is 0. The second-order valence-corrected chi connectivity index (χ2v) is 8.49. The normalized spacial score (nSPS) is 21.4. The van der Waals surface area contributed by atoms with E-state index in [0.717, 1.165) is 32.9 Å². The van der Waals surface area contributed by atoms with Crippen molar-refractivity contribution < 1.29 is 19.5 Å². The molecule has 9 nitrogen and oxygen atoms in total. The Morgan fingerprint density at radius 3 is 1.50 bits per heavy atom. The van der Waals surface area contributed by atoms with Gasteiger partial charge in [0, 0.05) is 47.0 Å². The van der Waals surface area contributed by atoms with Crippen LogP contribution in [0.4, 0.5) is 0 Å². The minimum absolute atomic E-state index is 0.230. The smallest absolute Gasteiger partial charge is 0.245 e. The first-order valence-corrected chi connectivity index (χ1v) is 11.2. The van der Waals surface area contributed by atoms with Crippen LogP contribution in [-0.4, -0.2) is 57.5 Å². The summed E-state index contributed by atoms with van der Waals surface area (Å²) in [6.07, 6.45) is 4.08. The largest absolute Gasteiger partial charge is 0.394 e. The van der Waals surface area contributed by atoms with Crippen LogP contribution in [0.2, 0.25) is 0 Å². The van der Waals surface area contributed by atoms with Crippen LogP contribution in [0.25, 0.3) is 21.8 Å². The van der Waals surface area contributed by atoms with Crippen LogP contribution in [0, 0.1) is 0 Å². The zero-order valence-electron chi connectivity index (χ0n) is 18.3. The van der Waals surface area contributed by atoms with Gasteiger partial charge in [0.05, 0.1) is 6.61 Å². The van der Waals surface area contributed by atoms with Crippen LogP contribution in [0.5, 0.6) is 0 Å². The molecule has 1 aliphatic heterocycles. The molecule has 1 saturated heterocycles. The number of aliphatic hydroxyl groups excluding tert-OH is 1. The summed E-state index contributed by atoms with van der Waals surface area (Å²) in [6, 6.07) is 12.4. The highest BCUT2D eigenvalue weighted by atomic mass is 16.3. The Morgan fingerprint density at radius 1 is 0.618 bits per heavy atom. The highest BCUT2D eigenvalue weighted by Gasteiger charge is 2.34. The predicted octanol–water partition coefficient (Wildman–Crippen LogP) is 0.895. The lowest BCUT2D eigenvalue weighted by Gasteiger charge is -2.20. The third kappa shape index (κ3) is 4.13. The van der Waals surface area contributed by atoms with E-state index in [1.54, 1.807) is 0 Å². The molecule has 0 unspecified atom stereocenters.